The van der Waals surface area contributed by atoms with Crippen molar-refractivity contribution >= 4 is 17.5 Å². The normalized spacial score (nSPS) is 15.0. The topological polar surface area (TPSA) is 144 Å². The van der Waals surface area contributed by atoms with E-state index in [2.05, 4.69) is 20.7 Å². The third-order valence-electron chi connectivity index (χ3n) is 5.19. The van der Waals surface area contributed by atoms with E-state index in [-0.39, 0.29) is 36.9 Å². The lowest BCUT2D eigenvalue weighted by molar-refractivity contribution is -0.144. The van der Waals surface area contributed by atoms with E-state index in [9.17, 15) is 35.9 Å². The largest absolute Gasteiger partial charge is 0.434 e. The Hall–Kier alpha value is -3.56. The van der Waals surface area contributed by atoms with Gasteiger partial charge >= 0.3 is 12.4 Å². The van der Waals surface area contributed by atoms with Crippen molar-refractivity contribution in [1.82, 2.24) is 30.2 Å². The first kappa shape index (κ1) is 27.0. The number of nitrogens with zero attached hydrogens (tertiary/aromatic N) is 4. The first-order chi connectivity index (χ1) is 16.7. The zero-order valence-corrected chi connectivity index (χ0v) is 18.8. The molecule has 198 valence electrons. The highest BCUT2D eigenvalue weighted by atomic mass is 19.4. The lowest BCUT2D eigenvalue weighted by Gasteiger charge is -2.25. The summed E-state index contributed by atoms with van der Waals surface area (Å²) in [6, 6.07) is 1.50. The molecule has 2 amide bonds. The second kappa shape index (κ2) is 10.6. The average Bonchev–Trinajstić information content (AvgIpc) is 3.48. The third kappa shape index (κ3) is 7.73. The van der Waals surface area contributed by atoms with Gasteiger partial charge in [0, 0.05) is 19.5 Å². The van der Waals surface area contributed by atoms with Gasteiger partial charge in [0.25, 0.3) is 5.91 Å². The summed E-state index contributed by atoms with van der Waals surface area (Å²) in [5, 5.41) is 9.10. The molecular formula is C20H24F6N8O2. The van der Waals surface area contributed by atoms with E-state index in [1.54, 1.807) is 0 Å². The first-order valence-corrected chi connectivity index (χ1v) is 10.8. The predicted octanol–water partition coefficient (Wildman–Crippen LogP) is 1.62. The molecule has 1 aliphatic rings. The van der Waals surface area contributed by atoms with Crippen LogP contribution in [0.2, 0.25) is 0 Å². The molecule has 0 spiro atoms. The third-order valence-corrected chi connectivity index (χ3v) is 5.19. The molecule has 3 rings (SSSR count). The van der Waals surface area contributed by atoms with Crippen LogP contribution < -0.4 is 22.2 Å². The summed E-state index contributed by atoms with van der Waals surface area (Å²) in [4.78, 5) is 28.0. The number of fused-ring (bicyclic) bond motifs is 1. The van der Waals surface area contributed by atoms with Crippen LogP contribution in [0, 0.1) is 5.92 Å². The van der Waals surface area contributed by atoms with Crippen molar-refractivity contribution in [3.63, 3.8) is 0 Å². The first-order valence-electron chi connectivity index (χ1n) is 10.8. The van der Waals surface area contributed by atoms with Gasteiger partial charge in [0.2, 0.25) is 5.91 Å². The minimum Gasteiger partial charge on any atom is -0.393 e. The maximum Gasteiger partial charge on any atom is 0.434 e. The van der Waals surface area contributed by atoms with Crippen molar-refractivity contribution in [3.8, 4) is 0 Å². The summed E-state index contributed by atoms with van der Waals surface area (Å²) in [6.07, 6.45) is -7.05. The molecule has 0 radical (unpaired) electrons. The molecule has 0 atom stereocenters. The molecule has 36 heavy (non-hydrogen) atoms. The van der Waals surface area contributed by atoms with E-state index in [1.807, 2.05) is 0 Å². The number of rotatable bonds is 10. The van der Waals surface area contributed by atoms with Crippen LogP contribution in [-0.2, 0) is 22.7 Å². The zero-order chi connectivity index (χ0) is 26.7. The molecule has 0 unspecified atom stereocenters. The number of nitrogens with two attached hydrogens (primary N) is 2. The molecule has 0 bridgehead atoms. The summed E-state index contributed by atoms with van der Waals surface area (Å²) in [6.45, 7) is -0.437. The molecule has 1 fully saturated rings. The summed E-state index contributed by atoms with van der Waals surface area (Å²) in [7, 11) is 0. The highest BCUT2D eigenvalue weighted by Crippen LogP contribution is 2.34. The van der Waals surface area contributed by atoms with E-state index < -0.39 is 48.4 Å². The van der Waals surface area contributed by atoms with Crippen LogP contribution in [0.4, 0.5) is 26.3 Å². The summed E-state index contributed by atoms with van der Waals surface area (Å²) in [5.74, 6) is 3.59. The molecular weight excluding hydrogens is 498 g/mol. The Labute approximate surface area is 200 Å². The van der Waals surface area contributed by atoms with Crippen molar-refractivity contribution in [2.45, 2.75) is 51.1 Å². The van der Waals surface area contributed by atoms with Crippen molar-refractivity contribution in [1.29, 1.82) is 0 Å². The van der Waals surface area contributed by atoms with Crippen LogP contribution in [0.3, 0.4) is 0 Å². The molecule has 0 aromatic carbocycles. The van der Waals surface area contributed by atoms with Gasteiger partial charge in [0.15, 0.2) is 11.3 Å². The van der Waals surface area contributed by atoms with E-state index in [4.69, 9.17) is 11.6 Å². The number of hydrazine groups is 1. The van der Waals surface area contributed by atoms with Crippen molar-refractivity contribution in [2.24, 2.45) is 17.5 Å². The fraction of sp³-hybridized carbons (Fsp3) is 0.500. The van der Waals surface area contributed by atoms with Gasteiger partial charge in [-0.25, -0.2) is 15.3 Å². The van der Waals surface area contributed by atoms with Gasteiger partial charge in [-0.3, -0.25) is 9.59 Å². The van der Waals surface area contributed by atoms with E-state index >= 15 is 0 Å². The van der Waals surface area contributed by atoms with Crippen LogP contribution in [0.15, 0.2) is 29.9 Å². The van der Waals surface area contributed by atoms with E-state index in [0.29, 0.717) is 10.6 Å². The second-order valence-electron chi connectivity index (χ2n) is 8.33. The Balaban J connectivity index is 1.61. The number of amides is 2. The Kier molecular flexibility index (Phi) is 7.96. The number of imidazole rings is 1. The van der Waals surface area contributed by atoms with Gasteiger partial charge in [0.1, 0.15) is 5.70 Å². The molecule has 0 saturated heterocycles. The Bertz CT molecular complexity index is 1140. The number of hydrogen-bond donors (Lipinski definition) is 4. The number of alkyl halides is 6. The quantitative estimate of drug-likeness (QED) is 0.161. The maximum atomic E-state index is 13.5. The van der Waals surface area contributed by atoms with Crippen LogP contribution >= 0.6 is 0 Å². The molecule has 1 saturated carbocycles. The SMILES string of the molecule is N/C(C(=O)NCc1cn2ncc(CNC(=O)CCC(F)(F)F)cc2n1)=C(\N(N)CC1CC1)C(F)(F)F. The van der Waals surface area contributed by atoms with Gasteiger partial charge in [-0.2, -0.15) is 31.4 Å². The van der Waals surface area contributed by atoms with Crippen LogP contribution in [0.1, 0.15) is 36.9 Å². The van der Waals surface area contributed by atoms with Crippen LogP contribution in [0.25, 0.3) is 5.65 Å². The number of carbonyl (C=O) groups is 2. The number of aromatic nitrogens is 3. The lowest BCUT2D eigenvalue weighted by atomic mass is 10.2. The van der Waals surface area contributed by atoms with Gasteiger partial charge in [-0.05, 0) is 30.4 Å². The maximum absolute atomic E-state index is 13.5. The Morgan fingerprint density at radius 1 is 1.14 bits per heavy atom. The van der Waals surface area contributed by atoms with E-state index in [1.165, 1.54) is 23.0 Å². The number of nitrogens with one attached hydrogen (secondary N) is 2. The molecule has 10 nitrogen and oxygen atoms in total. The van der Waals surface area contributed by atoms with Gasteiger partial charge < -0.3 is 21.4 Å². The Morgan fingerprint density at radius 2 is 1.83 bits per heavy atom. The molecule has 2 aromatic heterocycles. The fourth-order valence-corrected chi connectivity index (χ4v) is 3.20. The molecule has 2 heterocycles. The fourth-order valence-electron chi connectivity index (χ4n) is 3.20. The summed E-state index contributed by atoms with van der Waals surface area (Å²) < 4.78 is 78.3. The zero-order valence-electron chi connectivity index (χ0n) is 18.8. The van der Waals surface area contributed by atoms with Crippen molar-refractivity contribution in [3.05, 3.63) is 41.1 Å². The number of allylic oxidation sites excluding steroid dienone is 1. The van der Waals surface area contributed by atoms with Gasteiger partial charge in [-0.15, -0.1) is 0 Å². The number of hydrogen-bond acceptors (Lipinski definition) is 7. The van der Waals surface area contributed by atoms with E-state index in [0.717, 1.165) is 12.8 Å². The highest BCUT2D eigenvalue weighted by Gasteiger charge is 2.42. The molecule has 16 heteroatoms. The Morgan fingerprint density at radius 3 is 2.44 bits per heavy atom. The van der Waals surface area contributed by atoms with Gasteiger partial charge in [-0.1, -0.05) is 0 Å². The minimum absolute atomic E-state index is 0.0202. The number of carbonyl (C=O) groups excluding carboxylic acids is 2. The molecule has 1 aliphatic carbocycles. The molecule has 2 aromatic rings. The smallest absolute Gasteiger partial charge is 0.393 e. The summed E-state index contributed by atoms with van der Waals surface area (Å²) in [5.41, 5.74) is 3.97. The van der Waals surface area contributed by atoms with Crippen molar-refractivity contribution in [2.75, 3.05) is 6.54 Å². The van der Waals surface area contributed by atoms with Crippen LogP contribution in [0.5, 0.6) is 0 Å². The van der Waals surface area contributed by atoms with Crippen LogP contribution in [-0.4, -0.2) is 50.3 Å². The standard InChI is InChI=1S/C20H24F6N8O2/c21-19(22,23)4-3-15(35)29-6-12-5-14-32-13(10-34(14)31-7-12)8-30-18(36)16(27)17(20(24,25)26)33(28)9-11-1-2-11/h5,7,10-11H,1-4,6,8-9,27-28H2,(H,29,35)(H,30,36)/b17-16-. The van der Waals surface area contributed by atoms with Crippen molar-refractivity contribution < 1.29 is 35.9 Å². The number of halogens is 6. The van der Waals surface area contributed by atoms with Gasteiger partial charge in [0.05, 0.1) is 31.1 Å². The lowest BCUT2D eigenvalue weighted by Crippen LogP contribution is -2.43. The second-order valence-corrected chi connectivity index (χ2v) is 8.33. The summed E-state index contributed by atoms with van der Waals surface area (Å²) >= 11 is 0. The minimum atomic E-state index is -4.93. The predicted molar refractivity (Wildman–Crippen MR) is 113 cm³/mol. The highest BCUT2D eigenvalue weighted by molar-refractivity contribution is 5.93. The molecule has 6 N–H and O–H groups in total. The molecule has 0 aliphatic heterocycles. The monoisotopic (exact) mass is 522 g/mol. The average molecular weight is 522 g/mol.